The topological polar surface area (TPSA) is 41.0 Å². The van der Waals surface area contributed by atoms with Gasteiger partial charge in [-0.15, -0.1) is 0 Å². The highest BCUT2D eigenvalue weighted by atomic mass is 15.2. The van der Waals surface area contributed by atoms with Crippen LogP contribution < -0.4 is 10.2 Å². The lowest BCUT2D eigenvalue weighted by atomic mass is 10.1. The predicted molar refractivity (Wildman–Crippen MR) is 63.4 cm³/mol. The third-order valence-electron chi connectivity index (χ3n) is 3.47. The molecule has 16 heavy (non-hydrogen) atoms. The Morgan fingerprint density at radius 2 is 2.31 bits per heavy atom. The van der Waals surface area contributed by atoms with Gasteiger partial charge in [-0.1, -0.05) is 0 Å². The summed E-state index contributed by atoms with van der Waals surface area (Å²) >= 11 is 0. The summed E-state index contributed by atoms with van der Waals surface area (Å²) in [4.78, 5) is 10.8. The SMILES string of the molecule is c1cc(N(CC2CCNC2)C2CC2)ncn1. The van der Waals surface area contributed by atoms with Gasteiger partial charge in [0.2, 0.25) is 0 Å². The maximum Gasteiger partial charge on any atom is 0.132 e. The molecule has 86 valence electrons. The van der Waals surface area contributed by atoms with Crippen molar-refractivity contribution in [3.63, 3.8) is 0 Å². The molecule has 1 N–H and O–H groups in total. The maximum atomic E-state index is 4.38. The molecule has 0 aromatic carbocycles. The van der Waals surface area contributed by atoms with Gasteiger partial charge in [0.05, 0.1) is 0 Å². The van der Waals surface area contributed by atoms with Crippen LogP contribution in [-0.4, -0.2) is 35.6 Å². The molecular weight excluding hydrogens is 200 g/mol. The summed E-state index contributed by atoms with van der Waals surface area (Å²) in [5, 5.41) is 3.43. The molecule has 1 aliphatic carbocycles. The second-order valence-corrected chi connectivity index (χ2v) is 4.81. The van der Waals surface area contributed by atoms with E-state index in [4.69, 9.17) is 0 Å². The Balaban J connectivity index is 1.71. The van der Waals surface area contributed by atoms with Crippen LogP contribution in [0.3, 0.4) is 0 Å². The summed E-state index contributed by atoms with van der Waals surface area (Å²) in [7, 11) is 0. The molecule has 1 unspecified atom stereocenters. The van der Waals surface area contributed by atoms with Crippen molar-refractivity contribution in [2.45, 2.75) is 25.3 Å². The van der Waals surface area contributed by atoms with E-state index in [-0.39, 0.29) is 0 Å². The molecule has 0 spiro atoms. The van der Waals surface area contributed by atoms with E-state index in [9.17, 15) is 0 Å². The van der Waals surface area contributed by atoms with Crippen LogP contribution in [0, 0.1) is 5.92 Å². The number of hydrogen-bond acceptors (Lipinski definition) is 4. The minimum absolute atomic E-state index is 0.732. The highest BCUT2D eigenvalue weighted by molar-refractivity contribution is 5.40. The summed E-state index contributed by atoms with van der Waals surface area (Å²) in [5.41, 5.74) is 0. The third-order valence-corrected chi connectivity index (χ3v) is 3.47. The number of rotatable bonds is 4. The molecule has 1 saturated carbocycles. The Morgan fingerprint density at radius 1 is 1.38 bits per heavy atom. The van der Waals surface area contributed by atoms with Crippen LogP contribution in [0.5, 0.6) is 0 Å². The van der Waals surface area contributed by atoms with Crippen molar-refractivity contribution in [1.29, 1.82) is 0 Å². The second-order valence-electron chi connectivity index (χ2n) is 4.81. The molecule has 1 aromatic heterocycles. The van der Waals surface area contributed by atoms with E-state index in [0.717, 1.165) is 30.9 Å². The van der Waals surface area contributed by atoms with Gasteiger partial charge in [-0.25, -0.2) is 9.97 Å². The first-order valence-electron chi connectivity index (χ1n) is 6.17. The van der Waals surface area contributed by atoms with Crippen molar-refractivity contribution in [2.24, 2.45) is 5.92 Å². The quantitative estimate of drug-likeness (QED) is 0.820. The summed E-state index contributed by atoms with van der Waals surface area (Å²) in [5.74, 6) is 1.89. The van der Waals surface area contributed by atoms with Crippen LogP contribution in [0.4, 0.5) is 5.82 Å². The average molecular weight is 218 g/mol. The van der Waals surface area contributed by atoms with Crippen LogP contribution in [-0.2, 0) is 0 Å². The molecule has 1 aliphatic heterocycles. The van der Waals surface area contributed by atoms with Crippen molar-refractivity contribution in [3.05, 3.63) is 18.6 Å². The van der Waals surface area contributed by atoms with Crippen LogP contribution in [0.2, 0.25) is 0 Å². The summed E-state index contributed by atoms with van der Waals surface area (Å²) in [6.07, 6.45) is 7.44. The Morgan fingerprint density at radius 3 is 2.94 bits per heavy atom. The van der Waals surface area contributed by atoms with E-state index in [2.05, 4.69) is 20.2 Å². The minimum atomic E-state index is 0.732. The lowest BCUT2D eigenvalue weighted by molar-refractivity contribution is 0.553. The Labute approximate surface area is 96.1 Å². The first-order chi connectivity index (χ1) is 7.93. The number of nitrogens with one attached hydrogen (secondary N) is 1. The van der Waals surface area contributed by atoms with Gasteiger partial charge in [-0.05, 0) is 44.3 Å². The number of aromatic nitrogens is 2. The molecule has 4 nitrogen and oxygen atoms in total. The molecule has 1 saturated heterocycles. The fraction of sp³-hybridized carbons (Fsp3) is 0.667. The van der Waals surface area contributed by atoms with Crippen LogP contribution in [0.25, 0.3) is 0 Å². The van der Waals surface area contributed by atoms with Gasteiger partial charge >= 0.3 is 0 Å². The molecule has 2 aliphatic rings. The van der Waals surface area contributed by atoms with Gasteiger partial charge in [0, 0.05) is 18.8 Å². The van der Waals surface area contributed by atoms with E-state index in [1.54, 1.807) is 6.33 Å². The smallest absolute Gasteiger partial charge is 0.132 e. The Hall–Kier alpha value is -1.16. The highest BCUT2D eigenvalue weighted by Crippen LogP contribution is 2.31. The zero-order valence-electron chi connectivity index (χ0n) is 9.47. The zero-order valence-corrected chi connectivity index (χ0v) is 9.47. The van der Waals surface area contributed by atoms with Crippen molar-refractivity contribution < 1.29 is 0 Å². The standard InChI is InChI=1S/C12H18N4/c1-2-11(1)16(8-10-3-5-13-7-10)12-4-6-14-9-15-12/h4,6,9-11,13H,1-3,5,7-8H2. The van der Waals surface area contributed by atoms with E-state index in [1.807, 2.05) is 12.3 Å². The maximum absolute atomic E-state index is 4.38. The monoisotopic (exact) mass is 218 g/mol. The average Bonchev–Trinajstić information content (AvgIpc) is 3.05. The molecule has 1 aromatic rings. The van der Waals surface area contributed by atoms with Crippen molar-refractivity contribution >= 4 is 5.82 Å². The van der Waals surface area contributed by atoms with E-state index >= 15 is 0 Å². The van der Waals surface area contributed by atoms with Gasteiger partial charge < -0.3 is 10.2 Å². The van der Waals surface area contributed by atoms with Crippen LogP contribution in [0.15, 0.2) is 18.6 Å². The molecule has 1 atom stereocenters. The van der Waals surface area contributed by atoms with Gasteiger partial charge in [0.25, 0.3) is 0 Å². The summed E-state index contributed by atoms with van der Waals surface area (Å²) in [6.45, 7) is 3.48. The molecule has 0 radical (unpaired) electrons. The molecule has 2 heterocycles. The van der Waals surface area contributed by atoms with E-state index < -0.39 is 0 Å². The molecule has 0 bridgehead atoms. The first kappa shape index (κ1) is 10.0. The lowest BCUT2D eigenvalue weighted by Crippen LogP contribution is -2.33. The molecular formula is C12H18N4. The lowest BCUT2D eigenvalue weighted by Gasteiger charge is -2.26. The van der Waals surface area contributed by atoms with Crippen molar-refractivity contribution in [2.75, 3.05) is 24.5 Å². The van der Waals surface area contributed by atoms with Crippen molar-refractivity contribution in [3.8, 4) is 0 Å². The van der Waals surface area contributed by atoms with Gasteiger partial charge in [-0.2, -0.15) is 0 Å². The zero-order chi connectivity index (χ0) is 10.8. The first-order valence-corrected chi connectivity index (χ1v) is 6.17. The number of anilines is 1. The minimum Gasteiger partial charge on any atom is -0.353 e. The number of hydrogen-bond donors (Lipinski definition) is 1. The molecule has 0 amide bonds. The van der Waals surface area contributed by atoms with E-state index in [1.165, 1.54) is 25.8 Å². The Bertz CT molecular complexity index is 330. The predicted octanol–water partition coefficient (Wildman–Crippen LogP) is 1.05. The van der Waals surface area contributed by atoms with Gasteiger partial charge in [-0.3, -0.25) is 0 Å². The third kappa shape index (κ3) is 2.16. The molecule has 2 fully saturated rings. The number of nitrogens with zero attached hydrogens (tertiary/aromatic N) is 3. The largest absolute Gasteiger partial charge is 0.353 e. The Kier molecular flexibility index (Phi) is 2.74. The van der Waals surface area contributed by atoms with Crippen molar-refractivity contribution in [1.82, 2.24) is 15.3 Å². The normalized spacial score (nSPS) is 24.6. The molecule has 4 heteroatoms. The van der Waals surface area contributed by atoms with Gasteiger partial charge in [0.1, 0.15) is 12.1 Å². The van der Waals surface area contributed by atoms with E-state index in [0.29, 0.717) is 0 Å². The van der Waals surface area contributed by atoms with Crippen LogP contribution in [0.1, 0.15) is 19.3 Å². The second kappa shape index (κ2) is 4.37. The fourth-order valence-electron chi connectivity index (χ4n) is 2.42. The summed E-state index contributed by atoms with van der Waals surface area (Å²) < 4.78 is 0. The summed E-state index contributed by atoms with van der Waals surface area (Å²) in [6, 6.07) is 2.76. The highest BCUT2D eigenvalue weighted by Gasteiger charge is 2.32. The van der Waals surface area contributed by atoms with Crippen LogP contribution >= 0.6 is 0 Å². The fourth-order valence-corrected chi connectivity index (χ4v) is 2.42. The molecule has 3 rings (SSSR count). The van der Waals surface area contributed by atoms with Gasteiger partial charge in [0.15, 0.2) is 0 Å².